The molecule has 0 radical (unpaired) electrons. The molecular weight excluding hydrogens is 346 g/mol. The van der Waals surface area contributed by atoms with Crippen LogP contribution in [0.4, 0.5) is 11.4 Å². The summed E-state index contributed by atoms with van der Waals surface area (Å²) < 4.78 is 25.1. The number of hydrogen-bond acceptors (Lipinski definition) is 5. The van der Waals surface area contributed by atoms with Crippen molar-refractivity contribution < 1.29 is 18.1 Å². The van der Waals surface area contributed by atoms with Crippen molar-refractivity contribution in [1.29, 1.82) is 0 Å². The van der Waals surface area contributed by atoms with E-state index < -0.39 is 14.9 Å². The van der Waals surface area contributed by atoms with E-state index in [0.29, 0.717) is 12.3 Å². The molecule has 0 aromatic heterocycles. The molecule has 8 nitrogen and oxygen atoms in total. The van der Waals surface area contributed by atoms with Gasteiger partial charge in [-0.3, -0.25) is 19.2 Å². The van der Waals surface area contributed by atoms with Gasteiger partial charge in [-0.1, -0.05) is 19.9 Å². The van der Waals surface area contributed by atoms with Crippen molar-refractivity contribution in [3.8, 4) is 0 Å². The first-order chi connectivity index (χ1) is 11.5. The number of nitro groups is 1. The zero-order chi connectivity index (χ0) is 19.2. The third-order valence-electron chi connectivity index (χ3n) is 3.88. The molecule has 1 aromatic carbocycles. The van der Waals surface area contributed by atoms with E-state index in [1.807, 2.05) is 20.8 Å². The topological polar surface area (TPSA) is 110 Å². The Morgan fingerprint density at radius 2 is 1.96 bits per heavy atom. The largest absolute Gasteiger partial charge is 0.353 e. The van der Waals surface area contributed by atoms with Gasteiger partial charge in [-0.2, -0.15) is 0 Å². The van der Waals surface area contributed by atoms with Gasteiger partial charge in [-0.05, 0) is 25.3 Å². The highest BCUT2D eigenvalue weighted by molar-refractivity contribution is 7.92. The molecule has 1 atom stereocenters. The summed E-state index contributed by atoms with van der Waals surface area (Å²) in [4.78, 5) is 22.2. The number of sulfonamides is 1. The van der Waals surface area contributed by atoms with Crippen molar-refractivity contribution in [3.63, 3.8) is 0 Å². The van der Waals surface area contributed by atoms with Gasteiger partial charge in [0.05, 0.1) is 16.9 Å². The number of nitrogens with one attached hydrogen (secondary N) is 1. The fourth-order valence-corrected chi connectivity index (χ4v) is 3.08. The lowest BCUT2D eigenvalue weighted by Gasteiger charge is -2.22. The van der Waals surface area contributed by atoms with Crippen molar-refractivity contribution in [1.82, 2.24) is 5.32 Å². The molecule has 0 unspecified atom stereocenters. The highest BCUT2D eigenvalue weighted by atomic mass is 32.2. The molecule has 0 spiro atoms. The normalized spacial score (nSPS) is 12.7. The number of nitrogens with zero attached hydrogens (tertiary/aromatic N) is 2. The lowest BCUT2D eigenvalue weighted by molar-refractivity contribution is -0.384. The van der Waals surface area contributed by atoms with Crippen LogP contribution in [0, 0.1) is 16.0 Å². The Hall–Kier alpha value is -2.16. The fraction of sp³-hybridized carbons (Fsp3) is 0.562. The van der Waals surface area contributed by atoms with Crippen molar-refractivity contribution in [2.45, 2.75) is 39.7 Å². The Morgan fingerprint density at radius 1 is 1.32 bits per heavy atom. The van der Waals surface area contributed by atoms with Gasteiger partial charge in [0.1, 0.15) is 0 Å². The summed E-state index contributed by atoms with van der Waals surface area (Å²) in [5, 5.41) is 13.7. The third-order valence-corrected chi connectivity index (χ3v) is 5.08. The van der Waals surface area contributed by atoms with Gasteiger partial charge in [-0.25, -0.2) is 8.42 Å². The van der Waals surface area contributed by atoms with Gasteiger partial charge in [0.2, 0.25) is 15.9 Å². The first-order valence-corrected chi connectivity index (χ1v) is 9.88. The molecule has 140 valence electrons. The van der Waals surface area contributed by atoms with Crippen molar-refractivity contribution in [2.75, 3.05) is 17.1 Å². The number of rotatable bonds is 9. The molecule has 0 heterocycles. The zero-order valence-electron chi connectivity index (χ0n) is 14.9. The Kier molecular flexibility index (Phi) is 7.35. The van der Waals surface area contributed by atoms with Crippen molar-refractivity contribution in [3.05, 3.63) is 34.4 Å². The summed E-state index contributed by atoms with van der Waals surface area (Å²) in [5.74, 6) is 0.162. The van der Waals surface area contributed by atoms with Crippen LogP contribution in [-0.2, 0) is 14.8 Å². The number of non-ortho nitro benzene ring substituents is 1. The second-order valence-electron chi connectivity index (χ2n) is 6.32. The summed E-state index contributed by atoms with van der Waals surface area (Å²) in [5.41, 5.74) is 0.0299. The first-order valence-electron chi connectivity index (χ1n) is 8.04. The molecular formula is C16H25N3O5S. The molecule has 0 aliphatic heterocycles. The summed E-state index contributed by atoms with van der Waals surface area (Å²) in [6, 6.07) is 5.47. The molecule has 0 aliphatic carbocycles. The maximum absolute atomic E-state index is 12.0. The Bertz CT molecular complexity index is 718. The van der Waals surface area contributed by atoms with Crippen molar-refractivity contribution >= 4 is 27.3 Å². The monoisotopic (exact) mass is 371 g/mol. The molecule has 0 aliphatic rings. The van der Waals surface area contributed by atoms with Gasteiger partial charge in [0, 0.05) is 31.1 Å². The smallest absolute Gasteiger partial charge is 0.271 e. The van der Waals surface area contributed by atoms with E-state index in [1.165, 1.54) is 24.3 Å². The van der Waals surface area contributed by atoms with Crippen LogP contribution in [0.5, 0.6) is 0 Å². The zero-order valence-corrected chi connectivity index (χ0v) is 15.7. The molecule has 25 heavy (non-hydrogen) atoms. The van der Waals surface area contributed by atoms with E-state index >= 15 is 0 Å². The first kappa shape index (κ1) is 20.9. The second-order valence-corrected chi connectivity index (χ2v) is 8.22. The SMILES string of the molecule is CC(C)[C@H](C)NC(=O)CCCN(c1cccc([N+](=O)[O-])c1)S(C)(=O)=O. The van der Waals surface area contributed by atoms with Crippen LogP contribution in [0.1, 0.15) is 33.6 Å². The fourth-order valence-electron chi connectivity index (χ4n) is 2.12. The van der Waals surface area contributed by atoms with Crippen LogP contribution in [0.2, 0.25) is 0 Å². The summed E-state index contributed by atoms with van der Waals surface area (Å²) in [6.45, 7) is 5.98. The van der Waals surface area contributed by atoms with E-state index in [9.17, 15) is 23.3 Å². The molecule has 0 saturated heterocycles. The molecule has 0 fully saturated rings. The van der Waals surface area contributed by atoms with Gasteiger partial charge < -0.3 is 5.32 Å². The van der Waals surface area contributed by atoms with Crippen molar-refractivity contribution in [2.24, 2.45) is 5.92 Å². The minimum atomic E-state index is -3.62. The van der Waals surface area contributed by atoms with Gasteiger partial charge in [-0.15, -0.1) is 0 Å². The minimum Gasteiger partial charge on any atom is -0.353 e. The summed E-state index contributed by atoms with van der Waals surface area (Å²) in [7, 11) is -3.62. The molecule has 1 amide bonds. The van der Waals surface area contributed by atoms with Gasteiger partial charge in [0.15, 0.2) is 0 Å². The lowest BCUT2D eigenvalue weighted by atomic mass is 10.1. The van der Waals surface area contributed by atoms with E-state index in [1.54, 1.807) is 0 Å². The maximum Gasteiger partial charge on any atom is 0.271 e. The standard InChI is InChI=1S/C16H25N3O5S/c1-12(2)13(3)17-16(20)9-6-10-18(25(4,23)24)14-7-5-8-15(11-14)19(21)22/h5,7-8,11-13H,6,9-10H2,1-4H3,(H,17,20)/t13-/m0/s1. The maximum atomic E-state index is 12.0. The Morgan fingerprint density at radius 3 is 2.48 bits per heavy atom. The van der Waals surface area contributed by atoms with Crippen LogP contribution in [-0.4, -0.2) is 38.1 Å². The Labute approximate surface area is 148 Å². The van der Waals surface area contributed by atoms with Crippen LogP contribution in [0.15, 0.2) is 24.3 Å². The highest BCUT2D eigenvalue weighted by Gasteiger charge is 2.20. The van der Waals surface area contributed by atoms with Crippen LogP contribution >= 0.6 is 0 Å². The minimum absolute atomic E-state index is 0.0373. The summed E-state index contributed by atoms with van der Waals surface area (Å²) >= 11 is 0. The molecule has 1 aromatic rings. The third kappa shape index (κ3) is 6.69. The molecule has 1 N–H and O–H groups in total. The number of anilines is 1. The molecule has 0 saturated carbocycles. The van der Waals surface area contributed by atoms with Crippen LogP contribution in [0.3, 0.4) is 0 Å². The highest BCUT2D eigenvalue weighted by Crippen LogP contribution is 2.23. The molecule has 0 bridgehead atoms. The number of nitro benzene ring substituents is 1. The predicted molar refractivity (Wildman–Crippen MR) is 97.0 cm³/mol. The average Bonchev–Trinajstić information content (AvgIpc) is 2.50. The quantitative estimate of drug-likeness (QED) is 0.529. The average molecular weight is 371 g/mol. The second kappa shape index (κ2) is 8.80. The van der Waals surface area contributed by atoms with E-state index in [0.717, 1.165) is 10.6 Å². The van der Waals surface area contributed by atoms with Crippen LogP contribution < -0.4 is 9.62 Å². The number of amides is 1. The van der Waals surface area contributed by atoms with E-state index in [-0.39, 0.29) is 36.3 Å². The molecule has 1 rings (SSSR count). The number of carbonyl (C=O) groups excluding carboxylic acids is 1. The van der Waals surface area contributed by atoms with Gasteiger partial charge in [0.25, 0.3) is 5.69 Å². The van der Waals surface area contributed by atoms with E-state index in [4.69, 9.17) is 0 Å². The number of carbonyl (C=O) groups is 1. The summed E-state index contributed by atoms with van der Waals surface area (Å²) in [6.07, 6.45) is 1.52. The number of benzene rings is 1. The van der Waals surface area contributed by atoms with Crippen LogP contribution in [0.25, 0.3) is 0 Å². The van der Waals surface area contributed by atoms with Gasteiger partial charge >= 0.3 is 0 Å². The lowest BCUT2D eigenvalue weighted by Crippen LogP contribution is -2.37. The van der Waals surface area contributed by atoms with E-state index in [2.05, 4.69) is 5.32 Å². The number of hydrogen-bond donors (Lipinski definition) is 1. The predicted octanol–water partition coefficient (Wildman–Crippen LogP) is 2.30. The molecule has 9 heteroatoms. The Balaban J connectivity index is 2.78.